The van der Waals surface area contributed by atoms with Crippen molar-refractivity contribution in [1.29, 1.82) is 0 Å². The smallest absolute Gasteiger partial charge is 0.271 e. The predicted octanol–water partition coefficient (Wildman–Crippen LogP) is 4.47. The van der Waals surface area contributed by atoms with E-state index in [2.05, 4.69) is 21.8 Å². The number of ether oxygens (including phenoxy) is 1. The molecule has 0 unspecified atom stereocenters. The number of sulfonamides is 1. The summed E-state index contributed by atoms with van der Waals surface area (Å²) >= 11 is 5.79. The van der Waals surface area contributed by atoms with Crippen LogP contribution in [0.15, 0.2) is 95.4 Å². The molecule has 2 N–H and O–H groups in total. The van der Waals surface area contributed by atoms with Crippen LogP contribution in [0.5, 0.6) is 5.75 Å². The molecule has 0 saturated heterocycles. The average molecular weight is 470 g/mol. The first kappa shape index (κ1) is 23.1. The average Bonchev–Trinajstić information content (AvgIpc) is 2.79. The van der Waals surface area contributed by atoms with E-state index in [0.29, 0.717) is 28.6 Å². The summed E-state index contributed by atoms with van der Waals surface area (Å²) in [5.41, 5.74) is 3.85. The van der Waals surface area contributed by atoms with E-state index in [-0.39, 0.29) is 4.90 Å². The van der Waals surface area contributed by atoms with Crippen molar-refractivity contribution in [2.24, 2.45) is 5.10 Å². The minimum Gasteiger partial charge on any atom is -0.490 e. The van der Waals surface area contributed by atoms with E-state index in [4.69, 9.17) is 16.3 Å². The number of amides is 1. The highest BCUT2D eigenvalue weighted by molar-refractivity contribution is 7.92. The third-order valence-corrected chi connectivity index (χ3v) is 5.80. The molecule has 1 amide bonds. The SMILES string of the molecule is C=CCOc1ccc(/C=N/NC(=O)c2ccc(NS(=O)(=O)c3ccc(Cl)cc3)cc2)cc1. The maximum Gasteiger partial charge on any atom is 0.271 e. The largest absolute Gasteiger partial charge is 0.490 e. The molecule has 0 radical (unpaired) electrons. The van der Waals surface area contributed by atoms with Gasteiger partial charge >= 0.3 is 0 Å². The summed E-state index contributed by atoms with van der Waals surface area (Å²) in [6.07, 6.45) is 3.16. The Hall–Kier alpha value is -3.62. The van der Waals surface area contributed by atoms with Crippen molar-refractivity contribution >= 4 is 39.4 Å². The van der Waals surface area contributed by atoms with Gasteiger partial charge in [0.1, 0.15) is 12.4 Å². The van der Waals surface area contributed by atoms with Gasteiger partial charge in [-0.2, -0.15) is 5.10 Å². The summed E-state index contributed by atoms with van der Waals surface area (Å²) in [4.78, 5) is 12.3. The van der Waals surface area contributed by atoms with Crippen molar-refractivity contribution in [3.8, 4) is 5.75 Å². The van der Waals surface area contributed by atoms with Crippen LogP contribution < -0.4 is 14.9 Å². The van der Waals surface area contributed by atoms with Crippen molar-refractivity contribution in [3.05, 3.63) is 102 Å². The van der Waals surface area contributed by atoms with Crippen LogP contribution in [0.1, 0.15) is 15.9 Å². The van der Waals surface area contributed by atoms with E-state index in [0.717, 1.165) is 5.56 Å². The zero-order chi connectivity index (χ0) is 23.0. The number of hydrazone groups is 1. The lowest BCUT2D eigenvalue weighted by Crippen LogP contribution is -2.18. The summed E-state index contributed by atoms with van der Waals surface area (Å²) in [7, 11) is -3.76. The molecule has 3 rings (SSSR count). The fraction of sp³-hybridized carbons (Fsp3) is 0.0435. The zero-order valence-electron chi connectivity index (χ0n) is 16.9. The molecule has 3 aromatic carbocycles. The number of hydrogen-bond acceptors (Lipinski definition) is 5. The maximum atomic E-state index is 12.4. The lowest BCUT2D eigenvalue weighted by atomic mass is 10.2. The summed E-state index contributed by atoms with van der Waals surface area (Å²) in [6.45, 7) is 4.01. The topological polar surface area (TPSA) is 96.9 Å². The van der Waals surface area contributed by atoms with Crippen LogP contribution in [0.3, 0.4) is 0 Å². The van der Waals surface area contributed by atoms with Crippen LogP contribution in [-0.2, 0) is 10.0 Å². The molecule has 9 heteroatoms. The third kappa shape index (κ3) is 6.44. The highest BCUT2D eigenvalue weighted by Crippen LogP contribution is 2.19. The van der Waals surface area contributed by atoms with E-state index >= 15 is 0 Å². The molecule has 7 nitrogen and oxygen atoms in total. The van der Waals surface area contributed by atoms with Crippen molar-refractivity contribution in [2.45, 2.75) is 4.90 Å². The van der Waals surface area contributed by atoms with Crippen molar-refractivity contribution in [1.82, 2.24) is 5.43 Å². The highest BCUT2D eigenvalue weighted by atomic mass is 35.5. The molecule has 0 saturated carbocycles. The minimum absolute atomic E-state index is 0.0818. The number of carbonyl (C=O) groups excluding carboxylic acids is 1. The Kier molecular flexibility index (Phi) is 7.64. The van der Waals surface area contributed by atoms with Gasteiger partial charge in [-0.25, -0.2) is 13.8 Å². The van der Waals surface area contributed by atoms with Crippen LogP contribution in [0.2, 0.25) is 5.02 Å². The Morgan fingerprint density at radius 1 is 1.00 bits per heavy atom. The van der Waals surface area contributed by atoms with E-state index < -0.39 is 15.9 Å². The second-order valence-corrected chi connectivity index (χ2v) is 8.62. The molecule has 0 spiro atoms. The number of halogens is 1. The van der Waals surface area contributed by atoms with Gasteiger partial charge in [-0.1, -0.05) is 24.3 Å². The summed E-state index contributed by atoms with van der Waals surface area (Å²) in [5.74, 6) is 0.275. The maximum absolute atomic E-state index is 12.4. The van der Waals surface area contributed by atoms with E-state index in [1.165, 1.54) is 54.7 Å². The van der Waals surface area contributed by atoms with E-state index in [9.17, 15) is 13.2 Å². The van der Waals surface area contributed by atoms with Gasteiger partial charge in [0.2, 0.25) is 0 Å². The van der Waals surface area contributed by atoms with Crippen molar-refractivity contribution < 1.29 is 17.9 Å². The molecule has 0 bridgehead atoms. The molecular formula is C23H20ClN3O4S. The van der Waals surface area contributed by atoms with Gasteiger partial charge in [-0.15, -0.1) is 0 Å². The molecule has 0 heterocycles. The standard InChI is InChI=1S/C23H20ClN3O4S/c1-2-15-31-21-11-3-17(4-12-21)16-25-26-23(28)18-5-9-20(10-6-18)27-32(29,30)22-13-7-19(24)8-14-22/h2-14,16,27H,1,15H2,(H,26,28)/b25-16+. The highest BCUT2D eigenvalue weighted by Gasteiger charge is 2.14. The minimum atomic E-state index is -3.76. The van der Waals surface area contributed by atoms with Crippen LogP contribution in [-0.4, -0.2) is 27.1 Å². The van der Waals surface area contributed by atoms with Gasteiger partial charge in [0.25, 0.3) is 15.9 Å². The number of anilines is 1. The molecule has 0 fully saturated rings. The molecule has 164 valence electrons. The Bertz CT molecular complexity index is 1210. The Labute approximate surface area is 191 Å². The lowest BCUT2D eigenvalue weighted by Gasteiger charge is -2.09. The summed E-state index contributed by atoms with van der Waals surface area (Å²) in [5, 5.41) is 4.38. The van der Waals surface area contributed by atoms with E-state index in [1.807, 2.05) is 0 Å². The molecule has 0 aromatic heterocycles. The first-order chi connectivity index (χ1) is 15.4. The molecule has 0 aliphatic carbocycles. The molecule has 32 heavy (non-hydrogen) atoms. The number of rotatable bonds is 9. The number of nitrogens with one attached hydrogen (secondary N) is 2. The summed E-state index contributed by atoms with van der Waals surface area (Å²) in [6, 6.07) is 19.0. The number of nitrogens with zero attached hydrogens (tertiary/aromatic N) is 1. The normalized spacial score (nSPS) is 11.2. The first-order valence-electron chi connectivity index (χ1n) is 9.43. The second-order valence-electron chi connectivity index (χ2n) is 6.50. The number of hydrogen-bond donors (Lipinski definition) is 2. The van der Waals surface area contributed by atoms with Crippen molar-refractivity contribution in [2.75, 3.05) is 11.3 Å². The predicted molar refractivity (Wildman–Crippen MR) is 126 cm³/mol. The Morgan fingerprint density at radius 2 is 1.66 bits per heavy atom. The monoisotopic (exact) mass is 469 g/mol. The van der Waals surface area contributed by atoms with Crippen LogP contribution >= 0.6 is 11.6 Å². The fourth-order valence-corrected chi connectivity index (χ4v) is 3.74. The zero-order valence-corrected chi connectivity index (χ0v) is 18.4. The Morgan fingerprint density at radius 3 is 2.28 bits per heavy atom. The van der Waals surface area contributed by atoms with Gasteiger partial charge < -0.3 is 4.74 Å². The van der Waals surface area contributed by atoms with Crippen LogP contribution in [0.4, 0.5) is 5.69 Å². The van der Waals surface area contributed by atoms with Crippen LogP contribution in [0, 0.1) is 0 Å². The quantitative estimate of drug-likeness (QED) is 0.274. The number of carbonyl (C=O) groups is 1. The molecular weight excluding hydrogens is 450 g/mol. The Balaban J connectivity index is 1.57. The van der Waals surface area contributed by atoms with Crippen molar-refractivity contribution in [3.63, 3.8) is 0 Å². The molecule has 0 aliphatic heterocycles. The fourth-order valence-electron chi connectivity index (χ4n) is 2.55. The first-order valence-corrected chi connectivity index (χ1v) is 11.3. The van der Waals surface area contributed by atoms with Gasteiger partial charge in [-0.3, -0.25) is 9.52 Å². The van der Waals surface area contributed by atoms with E-state index in [1.54, 1.807) is 30.3 Å². The molecule has 3 aromatic rings. The molecule has 0 aliphatic rings. The van der Waals surface area contributed by atoms with Gasteiger partial charge in [-0.05, 0) is 78.4 Å². The second kappa shape index (κ2) is 10.6. The number of benzene rings is 3. The summed E-state index contributed by atoms with van der Waals surface area (Å²) < 4.78 is 32.7. The van der Waals surface area contributed by atoms with Crippen LogP contribution in [0.25, 0.3) is 0 Å². The lowest BCUT2D eigenvalue weighted by molar-refractivity contribution is 0.0955. The van der Waals surface area contributed by atoms with Gasteiger partial charge in [0.05, 0.1) is 11.1 Å². The third-order valence-electron chi connectivity index (χ3n) is 4.15. The van der Waals surface area contributed by atoms with Gasteiger partial charge in [0.15, 0.2) is 0 Å². The molecule has 0 atom stereocenters. The van der Waals surface area contributed by atoms with Gasteiger partial charge in [0, 0.05) is 16.3 Å².